The summed E-state index contributed by atoms with van der Waals surface area (Å²) in [5, 5.41) is 15.8. The molecule has 0 radical (unpaired) electrons. The number of aryl methyl sites for hydroxylation is 1. The second kappa shape index (κ2) is 6.27. The lowest BCUT2D eigenvalue weighted by Gasteiger charge is -2.10. The van der Waals surface area contributed by atoms with Gasteiger partial charge in [0.1, 0.15) is 0 Å². The zero-order chi connectivity index (χ0) is 12.0. The van der Waals surface area contributed by atoms with Crippen LogP contribution in [-0.4, -0.2) is 27.5 Å². The fraction of sp³-hybridized carbons (Fsp3) is 0.636. The maximum Gasteiger partial charge on any atom is 0.268 e. The average molecular weight is 225 g/mol. The van der Waals surface area contributed by atoms with Crippen molar-refractivity contribution in [2.75, 3.05) is 11.9 Å². The first-order valence-corrected chi connectivity index (χ1v) is 5.58. The first kappa shape index (κ1) is 12.7. The highest BCUT2D eigenvalue weighted by molar-refractivity contribution is 5.39. The van der Waals surface area contributed by atoms with E-state index in [9.17, 15) is 4.79 Å². The monoisotopic (exact) mass is 225 g/mol. The third-order valence-electron chi connectivity index (χ3n) is 2.10. The second-order valence-electron chi connectivity index (χ2n) is 4.04. The minimum Gasteiger partial charge on any atom is -0.396 e. The number of aliphatic hydroxyl groups excluding tert-OH is 1. The van der Waals surface area contributed by atoms with Crippen LogP contribution in [0.5, 0.6) is 0 Å². The maximum absolute atomic E-state index is 11.6. The number of anilines is 1. The van der Waals surface area contributed by atoms with Crippen LogP contribution in [0, 0.1) is 0 Å². The van der Waals surface area contributed by atoms with E-state index in [1.807, 2.05) is 13.8 Å². The first-order chi connectivity index (χ1) is 7.63. The quantitative estimate of drug-likeness (QED) is 0.704. The molecule has 90 valence electrons. The van der Waals surface area contributed by atoms with Crippen molar-refractivity contribution in [1.29, 1.82) is 0 Å². The molecule has 0 fully saturated rings. The van der Waals surface area contributed by atoms with Gasteiger partial charge in [0.15, 0.2) is 0 Å². The number of aromatic nitrogens is 2. The van der Waals surface area contributed by atoms with Gasteiger partial charge >= 0.3 is 0 Å². The Morgan fingerprint density at radius 1 is 1.50 bits per heavy atom. The lowest BCUT2D eigenvalue weighted by atomic mass is 10.3. The lowest BCUT2D eigenvalue weighted by molar-refractivity contribution is 0.279. The lowest BCUT2D eigenvalue weighted by Crippen LogP contribution is -2.23. The largest absolute Gasteiger partial charge is 0.396 e. The van der Waals surface area contributed by atoms with Crippen LogP contribution in [0.15, 0.2) is 17.1 Å². The van der Waals surface area contributed by atoms with Crippen molar-refractivity contribution in [3.05, 3.63) is 22.6 Å². The number of hydrogen-bond donors (Lipinski definition) is 2. The van der Waals surface area contributed by atoms with Crippen molar-refractivity contribution >= 4 is 5.69 Å². The highest BCUT2D eigenvalue weighted by Gasteiger charge is 2.00. The summed E-state index contributed by atoms with van der Waals surface area (Å²) in [6.45, 7) is 4.72. The molecule has 0 amide bonds. The predicted octanol–water partition coefficient (Wildman–Crippen LogP) is 0.836. The Kier molecular flexibility index (Phi) is 4.98. The Balaban J connectivity index is 2.64. The minimum absolute atomic E-state index is 0.108. The highest BCUT2D eigenvalue weighted by atomic mass is 16.2. The molecule has 0 aliphatic rings. The molecular formula is C11H19N3O2. The molecule has 16 heavy (non-hydrogen) atoms. The Morgan fingerprint density at radius 2 is 2.25 bits per heavy atom. The van der Waals surface area contributed by atoms with Gasteiger partial charge in [-0.2, -0.15) is 5.10 Å². The Hall–Kier alpha value is -1.36. The average Bonchev–Trinajstić information content (AvgIpc) is 2.20. The molecule has 5 nitrogen and oxygen atoms in total. The second-order valence-corrected chi connectivity index (χ2v) is 4.04. The van der Waals surface area contributed by atoms with Crippen molar-refractivity contribution in [2.24, 2.45) is 0 Å². The zero-order valence-electron chi connectivity index (χ0n) is 9.81. The van der Waals surface area contributed by atoms with Crippen LogP contribution in [0.4, 0.5) is 5.69 Å². The fourth-order valence-corrected chi connectivity index (χ4v) is 1.39. The summed E-state index contributed by atoms with van der Waals surface area (Å²) in [6.07, 6.45) is 3.11. The van der Waals surface area contributed by atoms with Gasteiger partial charge in [-0.05, 0) is 26.7 Å². The zero-order valence-corrected chi connectivity index (χ0v) is 9.81. The van der Waals surface area contributed by atoms with Gasteiger partial charge in [0.2, 0.25) is 0 Å². The molecule has 1 heterocycles. The van der Waals surface area contributed by atoms with Crippen LogP contribution in [0.25, 0.3) is 0 Å². The standard InChI is InChI=1S/C11H19N3O2/c1-9(2)13-10-7-11(16)14(12-8-10)5-3-4-6-15/h7-9,13,15H,3-6H2,1-2H3. The molecule has 0 aliphatic carbocycles. The van der Waals surface area contributed by atoms with Crippen molar-refractivity contribution < 1.29 is 5.11 Å². The summed E-state index contributed by atoms with van der Waals surface area (Å²) in [6, 6.07) is 1.83. The van der Waals surface area contributed by atoms with E-state index in [4.69, 9.17) is 5.11 Å². The van der Waals surface area contributed by atoms with Crippen LogP contribution < -0.4 is 10.9 Å². The van der Waals surface area contributed by atoms with Gasteiger partial charge in [-0.3, -0.25) is 4.79 Å². The van der Waals surface area contributed by atoms with Crippen molar-refractivity contribution in [3.8, 4) is 0 Å². The van der Waals surface area contributed by atoms with Gasteiger partial charge in [-0.25, -0.2) is 4.68 Å². The van der Waals surface area contributed by atoms with Gasteiger partial charge in [-0.1, -0.05) is 0 Å². The van der Waals surface area contributed by atoms with Crippen molar-refractivity contribution in [2.45, 2.75) is 39.3 Å². The van der Waals surface area contributed by atoms with E-state index >= 15 is 0 Å². The molecule has 0 aromatic carbocycles. The summed E-state index contributed by atoms with van der Waals surface area (Å²) in [4.78, 5) is 11.6. The van der Waals surface area contributed by atoms with Crippen molar-refractivity contribution in [3.63, 3.8) is 0 Å². The molecule has 0 saturated heterocycles. The number of nitrogens with one attached hydrogen (secondary N) is 1. The third-order valence-corrected chi connectivity index (χ3v) is 2.10. The Labute approximate surface area is 95.1 Å². The Morgan fingerprint density at radius 3 is 2.81 bits per heavy atom. The van der Waals surface area contributed by atoms with E-state index in [0.717, 1.165) is 12.1 Å². The van der Waals surface area contributed by atoms with Crippen LogP contribution in [0.2, 0.25) is 0 Å². The van der Waals surface area contributed by atoms with Crippen LogP contribution >= 0.6 is 0 Å². The molecule has 0 spiro atoms. The molecule has 0 aliphatic heterocycles. The van der Waals surface area contributed by atoms with Gasteiger partial charge < -0.3 is 10.4 Å². The minimum atomic E-state index is -0.108. The summed E-state index contributed by atoms with van der Waals surface area (Å²) in [5.74, 6) is 0. The third kappa shape index (κ3) is 4.02. The van der Waals surface area contributed by atoms with E-state index in [1.54, 1.807) is 12.3 Å². The molecule has 2 N–H and O–H groups in total. The topological polar surface area (TPSA) is 67.2 Å². The van der Waals surface area contributed by atoms with Crippen LogP contribution in [-0.2, 0) is 6.54 Å². The molecule has 0 atom stereocenters. The number of hydrogen-bond acceptors (Lipinski definition) is 4. The molecular weight excluding hydrogens is 206 g/mol. The number of rotatable bonds is 6. The summed E-state index contributed by atoms with van der Waals surface area (Å²) >= 11 is 0. The fourth-order valence-electron chi connectivity index (χ4n) is 1.39. The van der Waals surface area contributed by atoms with E-state index in [0.29, 0.717) is 13.0 Å². The molecule has 0 bridgehead atoms. The van der Waals surface area contributed by atoms with Crippen LogP contribution in [0.3, 0.4) is 0 Å². The van der Waals surface area contributed by atoms with Gasteiger partial charge in [0, 0.05) is 25.3 Å². The first-order valence-electron chi connectivity index (χ1n) is 5.58. The summed E-state index contributed by atoms with van der Waals surface area (Å²) in [7, 11) is 0. The Bertz CT molecular complexity index is 374. The van der Waals surface area contributed by atoms with E-state index in [-0.39, 0.29) is 18.2 Å². The van der Waals surface area contributed by atoms with E-state index in [2.05, 4.69) is 10.4 Å². The molecule has 1 rings (SSSR count). The van der Waals surface area contributed by atoms with E-state index < -0.39 is 0 Å². The molecule has 0 unspecified atom stereocenters. The van der Waals surface area contributed by atoms with Gasteiger partial charge in [0.25, 0.3) is 5.56 Å². The smallest absolute Gasteiger partial charge is 0.268 e. The van der Waals surface area contributed by atoms with E-state index in [1.165, 1.54) is 4.68 Å². The molecule has 5 heteroatoms. The normalized spacial score (nSPS) is 10.8. The van der Waals surface area contributed by atoms with Gasteiger partial charge in [0.05, 0.1) is 11.9 Å². The highest BCUT2D eigenvalue weighted by Crippen LogP contribution is 2.02. The molecule has 1 aromatic rings. The predicted molar refractivity (Wildman–Crippen MR) is 63.6 cm³/mol. The summed E-state index contributed by atoms with van der Waals surface area (Å²) < 4.78 is 1.42. The van der Waals surface area contributed by atoms with Crippen LogP contribution in [0.1, 0.15) is 26.7 Å². The van der Waals surface area contributed by atoms with Crippen molar-refractivity contribution in [1.82, 2.24) is 9.78 Å². The number of unbranched alkanes of at least 4 members (excludes halogenated alkanes) is 1. The maximum atomic E-state index is 11.6. The molecule has 1 aromatic heterocycles. The van der Waals surface area contributed by atoms with Gasteiger partial charge in [-0.15, -0.1) is 0 Å². The number of nitrogens with zero attached hydrogens (tertiary/aromatic N) is 2. The molecule has 0 saturated carbocycles. The summed E-state index contributed by atoms with van der Waals surface area (Å²) in [5.41, 5.74) is 0.641. The SMILES string of the molecule is CC(C)Nc1cnn(CCCCO)c(=O)c1. The number of aliphatic hydroxyl groups is 1.